The van der Waals surface area contributed by atoms with Gasteiger partial charge in [0.2, 0.25) is 11.5 Å². The van der Waals surface area contributed by atoms with Gasteiger partial charge in [-0.05, 0) is 24.3 Å². The zero-order valence-corrected chi connectivity index (χ0v) is 19.9. The van der Waals surface area contributed by atoms with Gasteiger partial charge in [0.15, 0.2) is 17.3 Å². The smallest absolute Gasteiger partial charge is 0.343 e. The van der Waals surface area contributed by atoms with Gasteiger partial charge >= 0.3 is 11.9 Å². The van der Waals surface area contributed by atoms with Gasteiger partial charge in [-0.25, -0.2) is 9.59 Å². The van der Waals surface area contributed by atoms with Gasteiger partial charge in [0.05, 0.1) is 34.9 Å². The molecular formula is C29H20O9. The number of benzene rings is 4. The van der Waals surface area contributed by atoms with Gasteiger partial charge < -0.3 is 24.8 Å². The van der Waals surface area contributed by atoms with Crippen LogP contribution in [0.4, 0.5) is 0 Å². The number of ketones is 2. The standard InChI is InChI=1S/C29H20O9/c1-37-29(36)20-21(23(31)16-10-4-2-5-11-16)25(33)26(34)27(38-28(35)17-12-6-3-7-13-17)22(20)24(32)18-14-8-9-15-19(18)30/h2-15,30,33-34H,1H3. The molecule has 3 N–H and O–H groups in total. The van der Waals surface area contributed by atoms with Crippen molar-refractivity contribution in [2.24, 2.45) is 0 Å². The van der Waals surface area contributed by atoms with E-state index in [9.17, 15) is 34.5 Å². The summed E-state index contributed by atoms with van der Waals surface area (Å²) in [6.45, 7) is 0. The van der Waals surface area contributed by atoms with Crippen molar-refractivity contribution in [1.82, 2.24) is 0 Å². The number of rotatable bonds is 7. The molecule has 0 radical (unpaired) electrons. The van der Waals surface area contributed by atoms with E-state index in [1.807, 2.05) is 0 Å². The second-order valence-electron chi connectivity index (χ2n) is 7.94. The Kier molecular flexibility index (Phi) is 7.20. The molecule has 190 valence electrons. The summed E-state index contributed by atoms with van der Waals surface area (Å²) in [6.07, 6.45) is 0. The van der Waals surface area contributed by atoms with Crippen LogP contribution < -0.4 is 4.74 Å². The Labute approximate surface area is 216 Å². The third kappa shape index (κ3) is 4.68. The molecule has 4 rings (SSSR count). The number of para-hydroxylation sites is 1. The predicted octanol–water partition coefficient (Wildman–Crippen LogP) is 4.27. The SMILES string of the molecule is COC(=O)c1c(C(=O)c2ccccc2)c(O)c(O)c(OC(=O)c2ccccc2)c1C(=O)c1ccccc1O. The first-order valence-corrected chi connectivity index (χ1v) is 11.2. The minimum absolute atomic E-state index is 0.0161. The van der Waals surface area contributed by atoms with Crippen LogP contribution in [0.15, 0.2) is 84.9 Å². The van der Waals surface area contributed by atoms with Crippen molar-refractivity contribution < 1.29 is 44.0 Å². The van der Waals surface area contributed by atoms with Gasteiger partial charge in [-0.3, -0.25) is 9.59 Å². The van der Waals surface area contributed by atoms with Gasteiger partial charge in [0, 0.05) is 5.56 Å². The number of hydrogen-bond acceptors (Lipinski definition) is 9. The number of phenolic OH excluding ortho intramolecular Hbond substituents is 3. The highest BCUT2D eigenvalue weighted by atomic mass is 16.5. The van der Waals surface area contributed by atoms with Gasteiger partial charge in [-0.1, -0.05) is 60.7 Å². The van der Waals surface area contributed by atoms with Crippen LogP contribution in [0.1, 0.15) is 52.6 Å². The Balaban J connectivity index is 2.06. The number of carbonyl (C=O) groups is 4. The van der Waals surface area contributed by atoms with E-state index in [0.29, 0.717) is 0 Å². The first kappa shape index (κ1) is 25.6. The van der Waals surface area contributed by atoms with E-state index in [1.165, 1.54) is 60.7 Å². The van der Waals surface area contributed by atoms with E-state index < -0.39 is 63.2 Å². The molecule has 0 atom stereocenters. The summed E-state index contributed by atoms with van der Waals surface area (Å²) >= 11 is 0. The van der Waals surface area contributed by atoms with Gasteiger partial charge in [0.25, 0.3) is 0 Å². The second kappa shape index (κ2) is 10.7. The minimum atomic E-state index is -1.24. The Morgan fingerprint density at radius 3 is 1.71 bits per heavy atom. The summed E-state index contributed by atoms with van der Waals surface area (Å²) in [5.74, 6) is -7.92. The number of hydrogen-bond donors (Lipinski definition) is 3. The Morgan fingerprint density at radius 2 is 1.13 bits per heavy atom. The highest BCUT2D eigenvalue weighted by Crippen LogP contribution is 2.46. The maximum atomic E-state index is 13.8. The topological polar surface area (TPSA) is 147 Å². The first-order valence-electron chi connectivity index (χ1n) is 11.2. The number of aromatic hydroxyl groups is 3. The molecule has 4 aromatic carbocycles. The summed E-state index contributed by atoms with van der Waals surface area (Å²) in [5, 5.41) is 32.2. The Hall–Kier alpha value is -5.44. The molecule has 0 aliphatic carbocycles. The maximum Gasteiger partial charge on any atom is 0.343 e. The van der Waals surface area contributed by atoms with Gasteiger partial charge in [-0.2, -0.15) is 0 Å². The molecule has 0 aromatic heterocycles. The van der Waals surface area contributed by atoms with Crippen LogP contribution >= 0.6 is 0 Å². The van der Waals surface area contributed by atoms with Crippen LogP contribution in [0.25, 0.3) is 0 Å². The zero-order chi connectivity index (χ0) is 27.4. The van der Waals surface area contributed by atoms with E-state index in [0.717, 1.165) is 7.11 Å². The normalized spacial score (nSPS) is 10.4. The molecule has 0 bridgehead atoms. The lowest BCUT2D eigenvalue weighted by Gasteiger charge is -2.19. The number of ether oxygens (including phenoxy) is 2. The summed E-state index contributed by atoms with van der Waals surface area (Å²) in [7, 11) is 0.979. The van der Waals surface area contributed by atoms with Crippen LogP contribution in [0, 0.1) is 0 Å². The highest BCUT2D eigenvalue weighted by Gasteiger charge is 2.37. The highest BCUT2D eigenvalue weighted by molar-refractivity contribution is 6.24. The van der Waals surface area contributed by atoms with Crippen LogP contribution in [-0.2, 0) is 4.74 Å². The molecule has 38 heavy (non-hydrogen) atoms. The van der Waals surface area contributed by atoms with E-state index in [2.05, 4.69) is 0 Å². The minimum Gasteiger partial charge on any atom is -0.507 e. The average molecular weight is 512 g/mol. The van der Waals surface area contributed by atoms with Crippen molar-refractivity contribution in [2.45, 2.75) is 0 Å². The quantitative estimate of drug-likeness (QED) is 0.143. The van der Waals surface area contributed by atoms with E-state index >= 15 is 0 Å². The molecule has 0 unspecified atom stereocenters. The largest absolute Gasteiger partial charge is 0.507 e. The van der Waals surface area contributed by atoms with Crippen molar-refractivity contribution in [1.29, 1.82) is 0 Å². The van der Waals surface area contributed by atoms with Gasteiger partial charge in [-0.15, -0.1) is 0 Å². The fourth-order valence-corrected chi connectivity index (χ4v) is 3.80. The van der Waals surface area contributed by atoms with Crippen molar-refractivity contribution >= 4 is 23.5 Å². The van der Waals surface area contributed by atoms with Crippen LogP contribution in [0.5, 0.6) is 23.0 Å². The molecule has 0 amide bonds. The monoisotopic (exact) mass is 512 g/mol. The number of phenols is 3. The molecule has 0 aliphatic heterocycles. The Bertz CT molecular complexity index is 1560. The van der Waals surface area contributed by atoms with Crippen molar-refractivity contribution in [3.8, 4) is 23.0 Å². The Morgan fingerprint density at radius 1 is 0.579 bits per heavy atom. The second-order valence-corrected chi connectivity index (χ2v) is 7.94. The lowest BCUT2D eigenvalue weighted by Crippen LogP contribution is -2.21. The number of esters is 2. The molecule has 9 heteroatoms. The fourth-order valence-electron chi connectivity index (χ4n) is 3.80. The molecule has 0 aliphatic rings. The summed E-state index contributed by atoms with van der Waals surface area (Å²) < 4.78 is 10.2. The predicted molar refractivity (Wildman–Crippen MR) is 134 cm³/mol. The molecule has 4 aromatic rings. The van der Waals surface area contributed by atoms with E-state index in [1.54, 1.807) is 24.3 Å². The summed E-state index contributed by atoms with van der Waals surface area (Å²) in [6, 6.07) is 20.3. The van der Waals surface area contributed by atoms with Crippen molar-refractivity contribution in [3.63, 3.8) is 0 Å². The average Bonchev–Trinajstić information content (AvgIpc) is 2.95. The molecule has 0 heterocycles. The van der Waals surface area contributed by atoms with Crippen LogP contribution in [0.3, 0.4) is 0 Å². The maximum absolute atomic E-state index is 13.8. The molecule has 0 fully saturated rings. The van der Waals surface area contributed by atoms with Crippen LogP contribution in [0.2, 0.25) is 0 Å². The lowest BCUT2D eigenvalue weighted by molar-refractivity contribution is 0.0589. The van der Waals surface area contributed by atoms with Crippen molar-refractivity contribution in [3.05, 3.63) is 118 Å². The third-order valence-corrected chi connectivity index (χ3v) is 5.64. The lowest BCUT2D eigenvalue weighted by atomic mass is 9.88. The molecule has 0 saturated carbocycles. The summed E-state index contributed by atoms with van der Waals surface area (Å²) in [4.78, 5) is 53.2. The fraction of sp³-hybridized carbons (Fsp3) is 0.0345. The number of methoxy groups -OCH3 is 1. The third-order valence-electron chi connectivity index (χ3n) is 5.64. The molecule has 9 nitrogen and oxygen atoms in total. The molecule has 0 saturated heterocycles. The van der Waals surface area contributed by atoms with E-state index in [4.69, 9.17) is 9.47 Å². The number of carbonyl (C=O) groups excluding carboxylic acids is 4. The van der Waals surface area contributed by atoms with E-state index in [-0.39, 0.29) is 16.7 Å². The summed E-state index contributed by atoms with van der Waals surface area (Å²) in [5.41, 5.74) is -2.58. The first-order chi connectivity index (χ1) is 18.3. The van der Waals surface area contributed by atoms with Crippen molar-refractivity contribution in [2.75, 3.05) is 7.11 Å². The van der Waals surface area contributed by atoms with Crippen LogP contribution in [-0.4, -0.2) is 45.9 Å². The van der Waals surface area contributed by atoms with Gasteiger partial charge in [0.1, 0.15) is 5.75 Å². The zero-order valence-electron chi connectivity index (χ0n) is 19.9. The molecule has 0 spiro atoms. The molecular weight excluding hydrogens is 492 g/mol.